The van der Waals surface area contributed by atoms with Crippen LogP contribution in [0.1, 0.15) is 11.5 Å². The lowest BCUT2D eigenvalue weighted by molar-refractivity contribution is -0.159. The topological polar surface area (TPSA) is 85.2 Å². The summed E-state index contributed by atoms with van der Waals surface area (Å²) in [4.78, 5) is 23.3. The van der Waals surface area contributed by atoms with Crippen LogP contribution in [0.2, 0.25) is 5.02 Å². The standard InChI is InChI=1S/C12H9BrClNO5/c1-19-12(17)10-8(9(15-18)11(16)20-10)6-3-2-5(13)4-7(6)14/h2-4,8,10,18H,1H3/b15-9+/t8-,10-/m1/s1. The van der Waals surface area contributed by atoms with Gasteiger partial charge in [-0.05, 0) is 17.7 Å². The van der Waals surface area contributed by atoms with Crippen molar-refractivity contribution < 1.29 is 24.3 Å². The van der Waals surface area contributed by atoms with Crippen molar-refractivity contribution in [2.24, 2.45) is 5.16 Å². The van der Waals surface area contributed by atoms with Crippen LogP contribution in [0.3, 0.4) is 0 Å². The van der Waals surface area contributed by atoms with Crippen LogP contribution >= 0.6 is 27.5 Å². The van der Waals surface area contributed by atoms with Gasteiger partial charge in [0.05, 0.1) is 13.0 Å². The molecule has 1 fully saturated rings. The van der Waals surface area contributed by atoms with Crippen LogP contribution in [0.15, 0.2) is 27.8 Å². The Bertz CT molecular complexity index is 604. The number of hydrogen-bond acceptors (Lipinski definition) is 6. The Kier molecular flexibility index (Phi) is 4.29. The van der Waals surface area contributed by atoms with Crippen LogP contribution in [0, 0.1) is 0 Å². The number of cyclic esters (lactones) is 1. The maximum atomic E-state index is 11.7. The van der Waals surface area contributed by atoms with Gasteiger partial charge in [-0.1, -0.05) is 38.8 Å². The zero-order chi connectivity index (χ0) is 14.9. The number of carbonyl (C=O) groups is 2. The van der Waals surface area contributed by atoms with Gasteiger partial charge in [-0.15, -0.1) is 0 Å². The second-order valence-corrected chi connectivity index (χ2v) is 5.30. The van der Waals surface area contributed by atoms with E-state index in [9.17, 15) is 9.59 Å². The average molecular weight is 363 g/mol. The normalized spacial score (nSPS) is 23.8. The fourth-order valence-electron chi connectivity index (χ4n) is 1.98. The summed E-state index contributed by atoms with van der Waals surface area (Å²) in [6, 6.07) is 4.90. The first kappa shape index (κ1) is 14.8. The monoisotopic (exact) mass is 361 g/mol. The zero-order valence-corrected chi connectivity index (χ0v) is 12.5. The van der Waals surface area contributed by atoms with E-state index in [0.717, 1.165) is 4.47 Å². The van der Waals surface area contributed by atoms with Crippen LogP contribution in [0.5, 0.6) is 0 Å². The van der Waals surface area contributed by atoms with Crippen molar-refractivity contribution in [2.45, 2.75) is 12.0 Å². The van der Waals surface area contributed by atoms with Gasteiger partial charge in [-0.3, -0.25) is 0 Å². The molecule has 0 aromatic heterocycles. The highest BCUT2D eigenvalue weighted by atomic mass is 79.9. The number of oxime groups is 1. The first-order valence-electron chi connectivity index (χ1n) is 5.45. The van der Waals surface area contributed by atoms with E-state index in [-0.39, 0.29) is 5.71 Å². The summed E-state index contributed by atoms with van der Waals surface area (Å²) >= 11 is 9.36. The van der Waals surface area contributed by atoms with Crippen LogP contribution in [-0.4, -0.2) is 36.1 Å². The van der Waals surface area contributed by atoms with Gasteiger partial charge in [-0.25, -0.2) is 9.59 Å². The van der Waals surface area contributed by atoms with Gasteiger partial charge >= 0.3 is 11.9 Å². The molecule has 0 amide bonds. The molecule has 2 atom stereocenters. The molecule has 0 saturated carbocycles. The molecule has 6 nitrogen and oxygen atoms in total. The largest absolute Gasteiger partial charge is 0.466 e. The van der Waals surface area contributed by atoms with Crippen molar-refractivity contribution >= 4 is 45.2 Å². The number of rotatable bonds is 2. The molecule has 1 heterocycles. The summed E-state index contributed by atoms with van der Waals surface area (Å²) in [6.45, 7) is 0. The van der Waals surface area contributed by atoms with Crippen LogP contribution in [0.4, 0.5) is 0 Å². The van der Waals surface area contributed by atoms with Crippen LogP contribution in [0.25, 0.3) is 0 Å². The summed E-state index contributed by atoms with van der Waals surface area (Å²) in [5, 5.41) is 12.2. The summed E-state index contributed by atoms with van der Waals surface area (Å²) in [5.41, 5.74) is 0.147. The van der Waals surface area contributed by atoms with Crippen molar-refractivity contribution in [3.63, 3.8) is 0 Å². The Hall–Kier alpha value is -1.60. The second kappa shape index (κ2) is 5.80. The molecular formula is C12H9BrClNO5. The summed E-state index contributed by atoms with van der Waals surface area (Å²) in [5.74, 6) is -2.55. The number of hydrogen-bond donors (Lipinski definition) is 1. The smallest absolute Gasteiger partial charge is 0.357 e. The number of carbonyl (C=O) groups excluding carboxylic acids is 2. The molecule has 0 unspecified atom stereocenters. The van der Waals surface area contributed by atoms with Gasteiger partial charge in [0.15, 0.2) is 5.71 Å². The molecule has 1 N–H and O–H groups in total. The molecular weight excluding hydrogens is 353 g/mol. The van der Waals surface area contributed by atoms with E-state index in [2.05, 4.69) is 25.8 Å². The first-order chi connectivity index (χ1) is 9.49. The molecule has 1 saturated heterocycles. The molecule has 0 aliphatic carbocycles. The Morgan fingerprint density at radius 2 is 2.25 bits per heavy atom. The van der Waals surface area contributed by atoms with Crippen molar-refractivity contribution in [1.82, 2.24) is 0 Å². The number of benzene rings is 1. The second-order valence-electron chi connectivity index (χ2n) is 3.98. The summed E-state index contributed by atoms with van der Waals surface area (Å²) in [7, 11) is 1.17. The van der Waals surface area contributed by atoms with Crippen molar-refractivity contribution in [2.75, 3.05) is 7.11 Å². The van der Waals surface area contributed by atoms with Gasteiger partial charge in [-0.2, -0.15) is 0 Å². The van der Waals surface area contributed by atoms with Crippen LogP contribution in [-0.2, 0) is 19.1 Å². The SMILES string of the molecule is COC(=O)[C@@H]1OC(=O)/C(=N/O)[C@H]1c1ccc(Br)cc1Cl. The zero-order valence-electron chi connectivity index (χ0n) is 10.2. The molecule has 1 aliphatic rings. The molecule has 20 heavy (non-hydrogen) atoms. The lowest BCUT2D eigenvalue weighted by Gasteiger charge is -2.16. The molecule has 1 aromatic carbocycles. The van der Waals surface area contributed by atoms with E-state index < -0.39 is 24.0 Å². The van der Waals surface area contributed by atoms with E-state index in [1.807, 2.05) is 0 Å². The minimum atomic E-state index is -1.22. The minimum absolute atomic E-state index is 0.287. The van der Waals surface area contributed by atoms with E-state index in [1.165, 1.54) is 7.11 Å². The van der Waals surface area contributed by atoms with Crippen molar-refractivity contribution in [1.29, 1.82) is 0 Å². The summed E-state index contributed by atoms with van der Waals surface area (Å²) in [6.07, 6.45) is -1.22. The maximum Gasteiger partial charge on any atom is 0.357 e. The number of ether oxygens (including phenoxy) is 2. The molecule has 1 aromatic rings. The third-order valence-corrected chi connectivity index (χ3v) is 3.70. The average Bonchev–Trinajstić information content (AvgIpc) is 2.74. The molecule has 1 aliphatic heterocycles. The first-order valence-corrected chi connectivity index (χ1v) is 6.62. The van der Waals surface area contributed by atoms with Crippen molar-refractivity contribution in [3.8, 4) is 0 Å². The molecule has 106 valence electrons. The van der Waals surface area contributed by atoms with E-state index in [4.69, 9.17) is 21.5 Å². The predicted molar refractivity (Wildman–Crippen MR) is 73.0 cm³/mol. The number of methoxy groups -OCH3 is 1. The van der Waals surface area contributed by atoms with E-state index >= 15 is 0 Å². The third kappa shape index (κ3) is 2.51. The highest BCUT2D eigenvalue weighted by Gasteiger charge is 2.48. The maximum absolute atomic E-state index is 11.7. The van der Waals surface area contributed by atoms with Crippen molar-refractivity contribution in [3.05, 3.63) is 33.3 Å². The fourth-order valence-corrected chi connectivity index (χ4v) is 2.77. The molecule has 0 radical (unpaired) electrons. The van der Waals surface area contributed by atoms with Gasteiger partial charge in [0, 0.05) is 9.50 Å². The third-order valence-electron chi connectivity index (χ3n) is 2.88. The van der Waals surface area contributed by atoms with Gasteiger partial charge in [0.1, 0.15) is 0 Å². The lowest BCUT2D eigenvalue weighted by Crippen LogP contribution is -2.28. The Morgan fingerprint density at radius 1 is 1.55 bits per heavy atom. The van der Waals surface area contributed by atoms with E-state index in [1.54, 1.807) is 18.2 Å². The van der Waals surface area contributed by atoms with Gasteiger partial charge < -0.3 is 14.7 Å². The summed E-state index contributed by atoms with van der Waals surface area (Å²) < 4.78 is 10.2. The molecule has 0 bridgehead atoms. The highest BCUT2D eigenvalue weighted by molar-refractivity contribution is 9.10. The lowest BCUT2D eigenvalue weighted by atomic mass is 9.91. The Labute approximate surface area is 127 Å². The number of halogens is 2. The fraction of sp³-hybridized carbons (Fsp3) is 0.250. The van der Waals surface area contributed by atoms with Gasteiger partial charge in [0.2, 0.25) is 6.10 Å². The quantitative estimate of drug-likeness (QED) is 0.495. The molecule has 8 heteroatoms. The Morgan fingerprint density at radius 3 is 2.80 bits per heavy atom. The minimum Gasteiger partial charge on any atom is -0.466 e. The van der Waals surface area contributed by atoms with E-state index in [0.29, 0.717) is 10.6 Å². The van der Waals surface area contributed by atoms with Gasteiger partial charge in [0.25, 0.3) is 0 Å². The molecule has 0 spiro atoms. The van der Waals surface area contributed by atoms with Crippen LogP contribution < -0.4 is 0 Å². The predicted octanol–water partition coefficient (Wildman–Crippen LogP) is 2.11. The Balaban J connectivity index is 2.53. The number of nitrogens with zero attached hydrogens (tertiary/aromatic N) is 1. The molecule has 2 rings (SSSR count). The number of esters is 2. The highest BCUT2D eigenvalue weighted by Crippen LogP contribution is 2.36.